The van der Waals surface area contributed by atoms with Crippen molar-refractivity contribution in [1.29, 1.82) is 0 Å². The maximum Gasteiger partial charge on any atom is 0.416 e. The van der Waals surface area contributed by atoms with Gasteiger partial charge in [-0.05, 0) is 37.1 Å². The van der Waals surface area contributed by atoms with Gasteiger partial charge in [-0.1, -0.05) is 6.07 Å². The van der Waals surface area contributed by atoms with Crippen molar-refractivity contribution in [2.75, 3.05) is 0 Å². The van der Waals surface area contributed by atoms with Crippen LogP contribution in [-0.2, 0) is 22.3 Å². The van der Waals surface area contributed by atoms with E-state index in [0.29, 0.717) is 11.1 Å². The highest BCUT2D eigenvalue weighted by Crippen LogP contribution is 2.30. The highest BCUT2D eigenvalue weighted by Gasteiger charge is 2.30. The monoisotopic (exact) mass is 289 g/mol. The van der Waals surface area contributed by atoms with E-state index < -0.39 is 29.5 Å². The number of carbonyl (C=O) groups is 2. The zero-order valence-electron chi connectivity index (χ0n) is 10.9. The molecule has 0 aromatic heterocycles. The molecular formula is C13H14F3NO3. The topological polar surface area (TPSA) is 66.4 Å². The van der Waals surface area contributed by atoms with Crippen LogP contribution >= 0.6 is 0 Å². The van der Waals surface area contributed by atoms with E-state index in [-0.39, 0.29) is 6.54 Å². The Morgan fingerprint density at radius 2 is 1.95 bits per heavy atom. The number of hydrogen-bond donors (Lipinski definition) is 2. The average Bonchev–Trinajstić information content (AvgIpc) is 2.34. The van der Waals surface area contributed by atoms with E-state index in [4.69, 9.17) is 5.11 Å². The molecule has 0 bridgehead atoms. The van der Waals surface area contributed by atoms with Crippen molar-refractivity contribution in [2.45, 2.75) is 26.6 Å². The summed E-state index contributed by atoms with van der Waals surface area (Å²) in [6, 6.07) is 3.18. The number of aliphatic carboxylic acids is 1. The van der Waals surface area contributed by atoms with Gasteiger partial charge in [0, 0.05) is 6.54 Å². The zero-order valence-corrected chi connectivity index (χ0v) is 10.9. The Labute approximate surface area is 113 Å². The number of rotatable bonds is 4. The molecule has 1 atom stereocenters. The molecule has 2 N–H and O–H groups in total. The van der Waals surface area contributed by atoms with Crippen LogP contribution in [0, 0.1) is 12.8 Å². The summed E-state index contributed by atoms with van der Waals surface area (Å²) in [6.45, 7) is 2.72. The molecule has 0 aliphatic heterocycles. The molecule has 0 radical (unpaired) electrons. The molecule has 0 spiro atoms. The SMILES string of the molecule is Cc1cc(C(F)(F)F)ccc1CNC(=O)C(C)C(=O)O. The van der Waals surface area contributed by atoms with Crippen LogP contribution in [0.5, 0.6) is 0 Å². The van der Waals surface area contributed by atoms with Gasteiger partial charge in [-0.3, -0.25) is 9.59 Å². The van der Waals surface area contributed by atoms with Gasteiger partial charge in [-0.2, -0.15) is 13.2 Å². The summed E-state index contributed by atoms with van der Waals surface area (Å²) in [7, 11) is 0. The lowest BCUT2D eigenvalue weighted by Gasteiger charge is -2.12. The van der Waals surface area contributed by atoms with Crippen LogP contribution in [0.3, 0.4) is 0 Å². The van der Waals surface area contributed by atoms with Crippen LogP contribution < -0.4 is 5.32 Å². The third-order valence-electron chi connectivity index (χ3n) is 2.89. The molecule has 1 aromatic rings. The van der Waals surface area contributed by atoms with Crippen molar-refractivity contribution < 1.29 is 27.9 Å². The van der Waals surface area contributed by atoms with Crippen LogP contribution in [0.4, 0.5) is 13.2 Å². The predicted molar refractivity (Wildman–Crippen MR) is 64.8 cm³/mol. The van der Waals surface area contributed by atoms with E-state index >= 15 is 0 Å². The van der Waals surface area contributed by atoms with Crippen molar-refractivity contribution in [3.8, 4) is 0 Å². The number of aryl methyl sites for hydroxylation is 1. The van der Waals surface area contributed by atoms with E-state index in [9.17, 15) is 22.8 Å². The van der Waals surface area contributed by atoms with E-state index in [1.54, 1.807) is 0 Å². The summed E-state index contributed by atoms with van der Waals surface area (Å²) in [5.41, 5.74) is 0.121. The lowest BCUT2D eigenvalue weighted by molar-refractivity contribution is -0.146. The van der Waals surface area contributed by atoms with Crippen molar-refractivity contribution in [3.63, 3.8) is 0 Å². The molecule has 1 unspecified atom stereocenters. The van der Waals surface area contributed by atoms with Crippen LogP contribution in [0.2, 0.25) is 0 Å². The van der Waals surface area contributed by atoms with Crippen LogP contribution in [0.25, 0.3) is 0 Å². The minimum Gasteiger partial charge on any atom is -0.481 e. The summed E-state index contributed by atoms with van der Waals surface area (Å²) in [6.07, 6.45) is -4.41. The third-order valence-corrected chi connectivity index (χ3v) is 2.89. The Balaban J connectivity index is 2.75. The van der Waals surface area contributed by atoms with Gasteiger partial charge in [-0.15, -0.1) is 0 Å². The molecule has 20 heavy (non-hydrogen) atoms. The van der Waals surface area contributed by atoms with Gasteiger partial charge in [0.2, 0.25) is 5.91 Å². The Hall–Kier alpha value is -2.05. The summed E-state index contributed by atoms with van der Waals surface area (Å²) < 4.78 is 37.4. The fraction of sp³-hybridized carbons (Fsp3) is 0.385. The Morgan fingerprint density at radius 1 is 1.35 bits per heavy atom. The van der Waals surface area contributed by atoms with E-state index in [1.165, 1.54) is 19.9 Å². The van der Waals surface area contributed by atoms with Gasteiger partial charge in [0.05, 0.1) is 5.56 Å². The smallest absolute Gasteiger partial charge is 0.416 e. The lowest BCUT2D eigenvalue weighted by atomic mass is 10.0. The Kier molecular flexibility index (Phi) is 4.75. The molecule has 110 valence electrons. The first-order valence-electron chi connectivity index (χ1n) is 5.80. The summed E-state index contributed by atoms with van der Waals surface area (Å²) in [5.74, 6) is -3.15. The van der Waals surface area contributed by atoms with Crippen molar-refractivity contribution in [1.82, 2.24) is 5.32 Å². The summed E-state index contributed by atoms with van der Waals surface area (Å²) in [5, 5.41) is 11.0. The maximum absolute atomic E-state index is 12.5. The number of halogens is 3. The van der Waals surface area contributed by atoms with Crippen LogP contribution in [0.1, 0.15) is 23.6 Å². The number of benzene rings is 1. The van der Waals surface area contributed by atoms with Gasteiger partial charge >= 0.3 is 12.1 Å². The number of alkyl halides is 3. The van der Waals surface area contributed by atoms with Gasteiger partial charge in [0.15, 0.2) is 0 Å². The number of carboxylic acid groups (broad SMARTS) is 1. The predicted octanol–water partition coefficient (Wildman–Crippen LogP) is 2.35. The second kappa shape index (κ2) is 5.94. The second-order valence-corrected chi connectivity index (χ2v) is 4.42. The number of carbonyl (C=O) groups excluding carboxylic acids is 1. The van der Waals surface area contributed by atoms with E-state index in [0.717, 1.165) is 12.1 Å². The highest BCUT2D eigenvalue weighted by molar-refractivity contribution is 5.96. The molecule has 0 aliphatic rings. The molecule has 0 aliphatic carbocycles. The fourth-order valence-electron chi connectivity index (χ4n) is 1.52. The van der Waals surface area contributed by atoms with Crippen molar-refractivity contribution in [2.24, 2.45) is 5.92 Å². The molecular weight excluding hydrogens is 275 g/mol. The summed E-state index contributed by atoms with van der Waals surface area (Å²) >= 11 is 0. The van der Waals surface area contributed by atoms with Gasteiger partial charge in [0.25, 0.3) is 0 Å². The molecule has 0 heterocycles. The van der Waals surface area contributed by atoms with Gasteiger partial charge in [0.1, 0.15) is 5.92 Å². The molecule has 1 aromatic carbocycles. The van der Waals surface area contributed by atoms with Gasteiger partial charge < -0.3 is 10.4 Å². The maximum atomic E-state index is 12.5. The molecule has 0 saturated carbocycles. The fourth-order valence-corrected chi connectivity index (χ4v) is 1.52. The first kappa shape index (κ1) is 16.0. The average molecular weight is 289 g/mol. The van der Waals surface area contributed by atoms with Gasteiger partial charge in [-0.25, -0.2) is 0 Å². The molecule has 1 rings (SSSR count). The second-order valence-electron chi connectivity index (χ2n) is 4.42. The largest absolute Gasteiger partial charge is 0.481 e. The molecule has 4 nitrogen and oxygen atoms in total. The number of amides is 1. The normalized spacial score (nSPS) is 12.8. The third kappa shape index (κ3) is 3.97. The first-order chi connectivity index (χ1) is 9.12. The van der Waals surface area contributed by atoms with Crippen LogP contribution in [0.15, 0.2) is 18.2 Å². The quantitative estimate of drug-likeness (QED) is 0.836. The molecule has 1 amide bonds. The number of hydrogen-bond acceptors (Lipinski definition) is 2. The van der Waals surface area contributed by atoms with Crippen molar-refractivity contribution in [3.05, 3.63) is 34.9 Å². The highest BCUT2D eigenvalue weighted by atomic mass is 19.4. The minimum absolute atomic E-state index is 0.0135. The number of nitrogens with one attached hydrogen (secondary N) is 1. The summed E-state index contributed by atoms with van der Waals surface area (Å²) in [4.78, 5) is 22.0. The molecule has 7 heteroatoms. The molecule has 0 saturated heterocycles. The number of carboxylic acids is 1. The zero-order chi connectivity index (χ0) is 15.5. The van der Waals surface area contributed by atoms with Crippen molar-refractivity contribution >= 4 is 11.9 Å². The molecule has 0 fully saturated rings. The first-order valence-corrected chi connectivity index (χ1v) is 5.80. The minimum atomic E-state index is -4.41. The Bertz CT molecular complexity index is 526. The van der Waals surface area contributed by atoms with E-state index in [1.807, 2.05) is 0 Å². The standard InChI is InChI=1S/C13H14F3NO3/c1-7-5-10(13(14,15)16)4-3-9(7)6-17-11(18)8(2)12(19)20/h3-5,8H,6H2,1-2H3,(H,17,18)(H,19,20). The van der Waals surface area contributed by atoms with E-state index in [2.05, 4.69) is 5.32 Å². The lowest BCUT2D eigenvalue weighted by Crippen LogP contribution is -2.33. The van der Waals surface area contributed by atoms with Crippen LogP contribution in [-0.4, -0.2) is 17.0 Å². The Morgan fingerprint density at radius 3 is 2.40 bits per heavy atom.